The molecule has 2 nitrogen and oxygen atoms in total. The number of rotatable bonds is 8. The lowest BCUT2D eigenvalue weighted by molar-refractivity contribution is 0.469. The maximum atomic E-state index is 3.50. The first-order chi connectivity index (χ1) is 6.93. The van der Waals surface area contributed by atoms with E-state index in [0.717, 1.165) is 12.5 Å². The Morgan fingerprint density at radius 1 is 1.00 bits per heavy atom. The zero-order valence-electron chi connectivity index (χ0n) is 9.65. The van der Waals surface area contributed by atoms with Gasteiger partial charge in [-0.1, -0.05) is 25.7 Å². The lowest BCUT2D eigenvalue weighted by Crippen LogP contribution is -2.21. The van der Waals surface area contributed by atoms with Crippen LogP contribution in [0.1, 0.15) is 44.9 Å². The van der Waals surface area contributed by atoms with Gasteiger partial charge in [-0.25, -0.2) is 0 Å². The van der Waals surface area contributed by atoms with Crippen molar-refractivity contribution < 1.29 is 0 Å². The first-order valence-corrected chi connectivity index (χ1v) is 6.29. The Balaban J connectivity index is 1.75. The van der Waals surface area contributed by atoms with Crippen LogP contribution < -0.4 is 10.6 Å². The largest absolute Gasteiger partial charge is 0.320 e. The van der Waals surface area contributed by atoms with Crippen molar-refractivity contribution in [2.75, 3.05) is 26.7 Å². The van der Waals surface area contributed by atoms with Crippen LogP contribution in [0, 0.1) is 5.92 Å². The fourth-order valence-electron chi connectivity index (χ4n) is 2.33. The Morgan fingerprint density at radius 2 is 1.71 bits per heavy atom. The molecule has 0 spiro atoms. The SMILES string of the molecule is CNCCCNCCCC1CCCC1. The van der Waals surface area contributed by atoms with Crippen LogP contribution in [0.15, 0.2) is 0 Å². The summed E-state index contributed by atoms with van der Waals surface area (Å²) in [5, 5.41) is 6.67. The van der Waals surface area contributed by atoms with E-state index in [1.54, 1.807) is 0 Å². The van der Waals surface area contributed by atoms with E-state index in [4.69, 9.17) is 0 Å². The summed E-state index contributed by atoms with van der Waals surface area (Å²) in [5.74, 6) is 1.06. The van der Waals surface area contributed by atoms with Crippen LogP contribution in [0.4, 0.5) is 0 Å². The Kier molecular flexibility index (Phi) is 7.06. The molecular weight excluding hydrogens is 172 g/mol. The first kappa shape index (κ1) is 12.0. The molecule has 0 bridgehead atoms. The molecule has 0 amide bonds. The minimum absolute atomic E-state index is 1.06. The number of nitrogens with one attached hydrogen (secondary N) is 2. The molecule has 0 atom stereocenters. The predicted molar refractivity (Wildman–Crippen MR) is 62.6 cm³/mol. The van der Waals surface area contributed by atoms with Crippen molar-refractivity contribution in [3.05, 3.63) is 0 Å². The van der Waals surface area contributed by atoms with Gasteiger partial charge in [-0.15, -0.1) is 0 Å². The summed E-state index contributed by atoms with van der Waals surface area (Å²) < 4.78 is 0. The second-order valence-electron chi connectivity index (χ2n) is 4.50. The van der Waals surface area contributed by atoms with Crippen molar-refractivity contribution in [2.24, 2.45) is 5.92 Å². The first-order valence-electron chi connectivity index (χ1n) is 6.29. The Hall–Kier alpha value is -0.0800. The molecule has 1 saturated carbocycles. The highest BCUT2D eigenvalue weighted by atomic mass is 14.9. The predicted octanol–water partition coefficient (Wildman–Crippen LogP) is 2.16. The van der Waals surface area contributed by atoms with Gasteiger partial charge in [0, 0.05) is 0 Å². The molecule has 0 aromatic carbocycles. The summed E-state index contributed by atoms with van der Waals surface area (Å²) in [6, 6.07) is 0. The molecule has 0 radical (unpaired) electrons. The monoisotopic (exact) mass is 198 g/mol. The second-order valence-corrected chi connectivity index (χ2v) is 4.50. The van der Waals surface area contributed by atoms with Crippen LogP contribution in [0.2, 0.25) is 0 Å². The zero-order valence-corrected chi connectivity index (χ0v) is 9.65. The van der Waals surface area contributed by atoms with E-state index in [0.29, 0.717) is 0 Å². The Morgan fingerprint density at radius 3 is 2.43 bits per heavy atom. The highest BCUT2D eigenvalue weighted by Gasteiger charge is 2.13. The van der Waals surface area contributed by atoms with Gasteiger partial charge in [0.1, 0.15) is 0 Å². The normalized spacial score (nSPS) is 17.8. The van der Waals surface area contributed by atoms with Crippen LogP contribution in [0.5, 0.6) is 0 Å². The molecular formula is C12H26N2. The Labute approximate surface area is 88.8 Å². The van der Waals surface area contributed by atoms with E-state index in [2.05, 4.69) is 10.6 Å². The summed E-state index contributed by atoms with van der Waals surface area (Å²) in [6.07, 6.45) is 10.1. The van der Waals surface area contributed by atoms with Crippen molar-refractivity contribution >= 4 is 0 Å². The summed E-state index contributed by atoms with van der Waals surface area (Å²) in [5.41, 5.74) is 0. The van der Waals surface area contributed by atoms with E-state index >= 15 is 0 Å². The van der Waals surface area contributed by atoms with Gasteiger partial charge < -0.3 is 10.6 Å². The van der Waals surface area contributed by atoms with E-state index in [-0.39, 0.29) is 0 Å². The van der Waals surface area contributed by atoms with Gasteiger partial charge in [-0.3, -0.25) is 0 Å². The van der Waals surface area contributed by atoms with Gasteiger partial charge in [0.2, 0.25) is 0 Å². The molecule has 0 unspecified atom stereocenters. The average molecular weight is 198 g/mol. The third-order valence-corrected chi connectivity index (χ3v) is 3.22. The van der Waals surface area contributed by atoms with Crippen molar-refractivity contribution in [3.8, 4) is 0 Å². The molecule has 2 heteroatoms. The molecule has 0 aromatic heterocycles. The number of hydrogen-bond donors (Lipinski definition) is 2. The third-order valence-electron chi connectivity index (χ3n) is 3.22. The van der Waals surface area contributed by atoms with Crippen LogP contribution >= 0.6 is 0 Å². The van der Waals surface area contributed by atoms with Crippen molar-refractivity contribution in [1.29, 1.82) is 0 Å². The molecule has 0 saturated heterocycles. The highest BCUT2D eigenvalue weighted by Crippen LogP contribution is 2.28. The van der Waals surface area contributed by atoms with Crippen molar-refractivity contribution in [3.63, 3.8) is 0 Å². The fourth-order valence-corrected chi connectivity index (χ4v) is 2.33. The molecule has 2 N–H and O–H groups in total. The molecule has 0 heterocycles. The van der Waals surface area contributed by atoms with E-state index in [9.17, 15) is 0 Å². The van der Waals surface area contributed by atoms with Crippen LogP contribution in [-0.4, -0.2) is 26.7 Å². The molecule has 1 aliphatic rings. The lowest BCUT2D eigenvalue weighted by atomic mass is 10.0. The maximum Gasteiger partial charge on any atom is -0.00368 e. The van der Waals surface area contributed by atoms with Crippen molar-refractivity contribution in [2.45, 2.75) is 44.9 Å². The van der Waals surface area contributed by atoms with Gasteiger partial charge in [0.05, 0.1) is 0 Å². The van der Waals surface area contributed by atoms with Crippen molar-refractivity contribution in [1.82, 2.24) is 10.6 Å². The molecule has 0 aromatic rings. The van der Waals surface area contributed by atoms with Gasteiger partial charge in [0.15, 0.2) is 0 Å². The molecule has 14 heavy (non-hydrogen) atoms. The average Bonchev–Trinajstić information content (AvgIpc) is 2.69. The standard InChI is InChI=1S/C12H26N2/c1-13-9-5-11-14-10-4-8-12-6-2-3-7-12/h12-14H,2-11H2,1H3. The molecule has 0 aliphatic heterocycles. The summed E-state index contributed by atoms with van der Waals surface area (Å²) in [7, 11) is 2.01. The maximum absolute atomic E-state index is 3.50. The van der Waals surface area contributed by atoms with Crippen LogP contribution in [0.3, 0.4) is 0 Å². The van der Waals surface area contributed by atoms with Gasteiger partial charge in [0.25, 0.3) is 0 Å². The molecule has 1 fully saturated rings. The zero-order chi connectivity index (χ0) is 10.1. The van der Waals surface area contributed by atoms with Crippen LogP contribution in [-0.2, 0) is 0 Å². The summed E-state index contributed by atoms with van der Waals surface area (Å²) in [6.45, 7) is 3.53. The molecule has 84 valence electrons. The summed E-state index contributed by atoms with van der Waals surface area (Å²) in [4.78, 5) is 0. The van der Waals surface area contributed by atoms with E-state index in [1.807, 2.05) is 7.05 Å². The smallest absolute Gasteiger partial charge is 0.00368 e. The molecule has 1 aliphatic carbocycles. The van der Waals surface area contributed by atoms with E-state index in [1.165, 1.54) is 58.0 Å². The minimum Gasteiger partial charge on any atom is -0.320 e. The van der Waals surface area contributed by atoms with Gasteiger partial charge in [-0.05, 0) is 51.9 Å². The lowest BCUT2D eigenvalue weighted by Gasteiger charge is -2.08. The number of hydrogen-bond acceptors (Lipinski definition) is 2. The fraction of sp³-hybridized carbons (Fsp3) is 1.00. The van der Waals surface area contributed by atoms with Gasteiger partial charge >= 0.3 is 0 Å². The quantitative estimate of drug-likeness (QED) is 0.584. The Bertz CT molecular complexity index is 119. The van der Waals surface area contributed by atoms with Gasteiger partial charge in [-0.2, -0.15) is 0 Å². The summed E-state index contributed by atoms with van der Waals surface area (Å²) >= 11 is 0. The topological polar surface area (TPSA) is 24.1 Å². The van der Waals surface area contributed by atoms with E-state index < -0.39 is 0 Å². The second kappa shape index (κ2) is 8.25. The highest BCUT2D eigenvalue weighted by molar-refractivity contribution is 4.67. The minimum atomic E-state index is 1.06. The molecule has 1 rings (SSSR count). The third kappa shape index (κ3) is 5.61. The van der Waals surface area contributed by atoms with Crippen LogP contribution in [0.25, 0.3) is 0 Å².